The van der Waals surface area contributed by atoms with E-state index in [1.807, 2.05) is 25.2 Å². The zero-order valence-electron chi connectivity index (χ0n) is 15.5. The summed E-state index contributed by atoms with van der Waals surface area (Å²) in [5, 5.41) is 4.09. The van der Waals surface area contributed by atoms with Gasteiger partial charge in [-0.2, -0.15) is 9.40 Å². The maximum Gasteiger partial charge on any atom is 0.247 e. The maximum absolute atomic E-state index is 12.8. The second-order valence-corrected chi connectivity index (χ2v) is 9.16. The van der Waals surface area contributed by atoms with Crippen molar-refractivity contribution >= 4 is 27.4 Å². The Labute approximate surface area is 159 Å². The summed E-state index contributed by atoms with van der Waals surface area (Å²) in [5.74, 6) is 1.24. The van der Waals surface area contributed by atoms with Gasteiger partial charge in [-0.05, 0) is 42.9 Å². The van der Waals surface area contributed by atoms with Crippen LogP contribution in [0.3, 0.4) is 0 Å². The number of pyridine rings is 1. The summed E-state index contributed by atoms with van der Waals surface area (Å²) in [6, 6.07) is 2.08. The number of hydrogen-bond acceptors (Lipinski definition) is 5. The lowest BCUT2D eigenvalue weighted by Gasteiger charge is -2.31. The Kier molecular flexibility index (Phi) is 5.28. The first-order chi connectivity index (χ1) is 12.2. The van der Waals surface area contributed by atoms with E-state index in [2.05, 4.69) is 23.1 Å². The number of piperidine rings is 1. The van der Waals surface area contributed by atoms with Crippen LogP contribution in [0.4, 0.5) is 5.82 Å². The van der Waals surface area contributed by atoms with Crippen LogP contribution in [-0.4, -0.2) is 54.7 Å². The van der Waals surface area contributed by atoms with Crippen molar-refractivity contribution < 1.29 is 8.42 Å². The van der Waals surface area contributed by atoms with Crippen LogP contribution in [0.15, 0.2) is 23.4 Å². The quantitative estimate of drug-likeness (QED) is 0.792. The number of aryl methyl sites for hydroxylation is 2. The summed E-state index contributed by atoms with van der Waals surface area (Å²) in [6.07, 6.45) is 4.77. The molecule has 0 unspecified atom stereocenters. The Morgan fingerprint density at radius 2 is 1.88 bits per heavy atom. The average molecular weight is 398 g/mol. The number of aromatic nitrogens is 3. The van der Waals surface area contributed by atoms with E-state index in [0.717, 1.165) is 18.7 Å². The van der Waals surface area contributed by atoms with Crippen LogP contribution in [0, 0.1) is 6.92 Å². The van der Waals surface area contributed by atoms with Gasteiger partial charge in [0.25, 0.3) is 0 Å². The van der Waals surface area contributed by atoms with Crippen molar-refractivity contribution in [2.45, 2.75) is 30.6 Å². The molecule has 3 rings (SSSR count). The lowest BCUT2D eigenvalue weighted by Crippen LogP contribution is -2.38. The summed E-state index contributed by atoms with van der Waals surface area (Å²) in [7, 11) is 1.95. The first-order valence-corrected chi connectivity index (χ1v) is 10.3. The van der Waals surface area contributed by atoms with Crippen LogP contribution < -0.4 is 4.90 Å². The molecule has 0 bridgehead atoms. The van der Waals surface area contributed by atoms with Crippen LogP contribution >= 0.6 is 11.6 Å². The van der Waals surface area contributed by atoms with E-state index >= 15 is 0 Å². The molecular formula is C17H24ClN5O2S. The van der Waals surface area contributed by atoms with Crippen LogP contribution in [0.1, 0.15) is 29.9 Å². The van der Waals surface area contributed by atoms with Crippen molar-refractivity contribution in [1.29, 1.82) is 0 Å². The fourth-order valence-corrected chi connectivity index (χ4v) is 5.23. The molecule has 1 aliphatic heterocycles. The fourth-order valence-electron chi connectivity index (χ4n) is 3.35. The standard InChI is InChI=1S/C17H24ClN5O2S/c1-12-9-16(21(2)3)19-10-14(12)13-5-7-23(8-6-13)26(24,25)15-11-20-22(4)17(15)18/h9-11,13H,5-8H2,1-4H3. The van der Waals surface area contributed by atoms with Crippen molar-refractivity contribution in [3.63, 3.8) is 0 Å². The highest BCUT2D eigenvalue weighted by Crippen LogP contribution is 2.34. The van der Waals surface area contributed by atoms with E-state index in [1.54, 1.807) is 7.05 Å². The Hall–Kier alpha value is -1.64. The zero-order chi connectivity index (χ0) is 19.1. The molecule has 0 N–H and O–H groups in total. The lowest BCUT2D eigenvalue weighted by atomic mass is 9.89. The molecule has 26 heavy (non-hydrogen) atoms. The SMILES string of the molecule is Cc1cc(N(C)C)ncc1C1CCN(S(=O)(=O)c2cnn(C)c2Cl)CC1. The summed E-state index contributed by atoms with van der Waals surface area (Å²) < 4.78 is 28.5. The fraction of sp³-hybridized carbons (Fsp3) is 0.529. The summed E-state index contributed by atoms with van der Waals surface area (Å²) >= 11 is 6.08. The topological polar surface area (TPSA) is 71.3 Å². The van der Waals surface area contributed by atoms with Gasteiger partial charge in [0.1, 0.15) is 15.9 Å². The van der Waals surface area contributed by atoms with Crippen LogP contribution in [-0.2, 0) is 17.1 Å². The molecule has 142 valence electrons. The van der Waals surface area contributed by atoms with Gasteiger partial charge < -0.3 is 4.90 Å². The van der Waals surface area contributed by atoms with E-state index in [4.69, 9.17) is 11.6 Å². The lowest BCUT2D eigenvalue weighted by molar-refractivity contribution is 0.319. The molecule has 0 aromatic carbocycles. The second-order valence-electron chi connectivity index (χ2n) is 6.90. The van der Waals surface area contributed by atoms with Gasteiger partial charge in [0.15, 0.2) is 0 Å². The molecule has 1 fully saturated rings. The zero-order valence-corrected chi connectivity index (χ0v) is 17.0. The Balaban J connectivity index is 1.74. The number of halogens is 1. The summed E-state index contributed by atoms with van der Waals surface area (Å²) in [6.45, 7) is 3.02. The molecule has 7 nitrogen and oxygen atoms in total. The van der Waals surface area contributed by atoms with E-state index in [9.17, 15) is 8.42 Å². The Bertz CT molecular complexity index is 902. The molecule has 0 saturated carbocycles. The van der Waals surface area contributed by atoms with Crippen molar-refractivity contribution in [2.75, 3.05) is 32.1 Å². The number of sulfonamides is 1. The highest BCUT2D eigenvalue weighted by molar-refractivity contribution is 7.89. The van der Waals surface area contributed by atoms with Crippen molar-refractivity contribution in [1.82, 2.24) is 19.1 Å². The second kappa shape index (κ2) is 7.17. The Morgan fingerprint density at radius 3 is 2.38 bits per heavy atom. The third-order valence-electron chi connectivity index (χ3n) is 4.94. The van der Waals surface area contributed by atoms with Crippen LogP contribution in [0.25, 0.3) is 0 Å². The first kappa shape index (κ1) is 19.1. The van der Waals surface area contributed by atoms with Gasteiger partial charge in [-0.15, -0.1) is 0 Å². The average Bonchev–Trinajstić information content (AvgIpc) is 2.94. The molecule has 0 aliphatic carbocycles. The number of nitrogens with zero attached hydrogens (tertiary/aromatic N) is 5. The largest absolute Gasteiger partial charge is 0.363 e. The Morgan fingerprint density at radius 1 is 1.23 bits per heavy atom. The molecule has 1 aliphatic rings. The molecule has 9 heteroatoms. The molecule has 2 aromatic rings. The minimum atomic E-state index is -3.61. The maximum atomic E-state index is 12.8. The molecule has 1 saturated heterocycles. The van der Waals surface area contributed by atoms with E-state index in [0.29, 0.717) is 19.0 Å². The molecule has 3 heterocycles. The van der Waals surface area contributed by atoms with E-state index < -0.39 is 10.0 Å². The minimum absolute atomic E-state index is 0.0771. The molecule has 2 aromatic heterocycles. The highest BCUT2D eigenvalue weighted by atomic mass is 35.5. The van der Waals surface area contributed by atoms with Crippen molar-refractivity contribution in [3.05, 3.63) is 34.7 Å². The molecular weight excluding hydrogens is 374 g/mol. The van der Waals surface area contributed by atoms with E-state index in [-0.39, 0.29) is 10.0 Å². The third kappa shape index (κ3) is 3.45. The number of anilines is 1. The molecule has 0 atom stereocenters. The van der Waals surface area contributed by atoms with Crippen molar-refractivity contribution in [2.24, 2.45) is 7.05 Å². The first-order valence-electron chi connectivity index (χ1n) is 8.53. The van der Waals surface area contributed by atoms with Gasteiger partial charge in [0, 0.05) is 40.4 Å². The summed E-state index contributed by atoms with van der Waals surface area (Å²) in [4.78, 5) is 6.56. The highest BCUT2D eigenvalue weighted by Gasteiger charge is 2.33. The van der Waals surface area contributed by atoms with Gasteiger partial charge in [0.2, 0.25) is 10.0 Å². The van der Waals surface area contributed by atoms with E-state index in [1.165, 1.54) is 26.3 Å². The summed E-state index contributed by atoms with van der Waals surface area (Å²) in [5.41, 5.74) is 2.40. The van der Waals surface area contributed by atoms with Gasteiger partial charge in [0.05, 0.1) is 6.20 Å². The predicted molar refractivity (Wildman–Crippen MR) is 102 cm³/mol. The molecule has 0 amide bonds. The normalized spacial score (nSPS) is 16.8. The minimum Gasteiger partial charge on any atom is -0.363 e. The van der Waals surface area contributed by atoms with Gasteiger partial charge in [-0.3, -0.25) is 4.68 Å². The third-order valence-corrected chi connectivity index (χ3v) is 7.40. The molecule has 0 radical (unpaired) electrons. The number of hydrogen-bond donors (Lipinski definition) is 0. The monoisotopic (exact) mass is 397 g/mol. The van der Waals surface area contributed by atoms with Crippen LogP contribution in [0.5, 0.6) is 0 Å². The van der Waals surface area contributed by atoms with Crippen LogP contribution in [0.2, 0.25) is 5.15 Å². The van der Waals surface area contributed by atoms with Crippen molar-refractivity contribution in [3.8, 4) is 0 Å². The van der Waals surface area contributed by atoms with Gasteiger partial charge in [-0.1, -0.05) is 11.6 Å². The number of rotatable bonds is 4. The van der Waals surface area contributed by atoms with Gasteiger partial charge in [-0.25, -0.2) is 13.4 Å². The smallest absolute Gasteiger partial charge is 0.247 e. The van der Waals surface area contributed by atoms with Gasteiger partial charge >= 0.3 is 0 Å². The predicted octanol–water partition coefficient (Wildman–Crippen LogP) is 2.41. The molecule has 0 spiro atoms.